The molecule has 0 aliphatic heterocycles. The van der Waals surface area contributed by atoms with E-state index in [1.54, 1.807) is 4.90 Å². The number of halogens is 1. The van der Waals surface area contributed by atoms with Crippen molar-refractivity contribution < 1.29 is 4.79 Å². The Morgan fingerprint density at radius 1 is 1.50 bits per heavy atom. The second-order valence-electron chi connectivity index (χ2n) is 5.13. The van der Waals surface area contributed by atoms with E-state index >= 15 is 0 Å². The van der Waals surface area contributed by atoms with E-state index in [1.165, 1.54) is 0 Å². The molecule has 0 saturated heterocycles. The molecule has 1 amide bonds. The molecule has 0 bridgehead atoms. The highest BCUT2D eigenvalue weighted by atomic mass is 35.5. The Morgan fingerprint density at radius 3 is 2.72 bits per heavy atom. The average molecular weight is 267 g/mol. The molecule has 1 fully saturated rings. The van der Waals surface area contributed by atoms with Crippen molar-refractivity contribution in [3.8, 4) is 0 Å². The first-order chi connectivity index (χ1) is 8.57. The number of hydrogen-bond donors (Lipinski definition) is 1. The van der Waals surface area contributed by atoms with E-state index in [4.69, 9.17) is 17.3 Å². The molecule has 0 unspecified atom stereocenters. The van der Waals surface area contributed by atoms with Crippen LogP contribution in [0.25, 0.3) is 0 Å². The molecule has 1 aromatic carbocycles. The van der Waals surface area contributed by atoms with Gasteiger partial charge in [0.05, 0.1) is 5.41 Å². The first-order valence-electron chi connectivity index (χ1n) is 6.27. The zero-order valence-electron chi connectivity index (χ0n) is 10.7. The molecule has 0 aromatic heterocycles. The normalized spacial score (nSPS) is 17.1. The van der Waals surface area contributed by atoms with E-state index in [0.717, 1.165) is 24.8 Å². The van der Waals surface area contributed by atoms with Gasteiger partial charge in [0.1, 0.15) is 0 Å². The smallest absolute Gasteiger partial charge is 0.230 e. The van der Waals surface area contributed by atoms with Gasteiger partial charge in [-0.05, 0) is 30.5 Å². The van der Waals surface area contributed by atoms with E-state index in [1.807, 2.05) is 31.3 Å². The second kappa shape index (κ2) is 5.29. The maximum absolute atomic E-state index is 12.4. The fourth-order valence-corrected chi connectivity index (χ4v) is 2.71. The molecule has 0 radical (unpaired) electrons. The molecule has 1 aromatic rings. The topological polar surface area (TPSA) is 46.3 Å². The van der Waals surface area contributed by atoms with Crippen molar-refractivity contribution in [2.75, 3.05) is 13.6 Å². The maximum Gasteiger partial charge on any atom is 0.230 e. The van der Waals surface area contributed by atoms with Gasteiger partial charge in [0.25, 0.3) is 0 Å². The number of carbonyl (C=O) groups is 1. The van der Waals surface area contributed by atoms with Gasteiger partial charge in [-0.3, -0.25) is 4.79 Å². The Morgan fingerprint density at radius 2 is 2.22 bits per heavy atom. The van der Waals surface area contributed by atoms with E-state index in [0.29, 0.717) is 18.1 Å². The highest BCUT2D eigenvalue weighted by Crippen LogP contribution is 2.41. The van der Waals surface area contributed by atoms with Gasteiger partial charge in [-0.2, -0.15) is 0 Å². The van der Waals surface area contributed by atoms with Crippen LogP contribution in [0.4, 0.5) is 0 Å². The molecule has 3 nitrogen and oxygen atoms in total. The first-order valence-corrected chi connectivity index (χ1v) is 6.65. The van der Waals surface area contributed by atoms with Crippen LogP contribution in [0.1, 0.15) is 24.8 Å². The summed E-state index contributed by atoms with van der Waals surface area (Å²) in [4.78, 5) is 14.1. The summed E-state index contributed by atoms with van der Waals surface area (Å²) in [5.74, 6) is 0.163. The van der Waals surface area contributed by atoms with Crippen LogP contribution in [0.5, 0.6) is 0 Å². The largest absolute Gasteiger partial charge is 0.341 e. The Bertz CT molecular complexity index is 438. The lowest BCUT2D eigenvalue weighted by molar-refractivity contribution is -0.145. The third kappa shape index (κ3) is 2.52. The highest BCUT2D eigenvalue weighted by Gasteiger charge is 2.44. The summed E-state index contributed by atoms with van der Waals surface area (Å²) in [6.07, 6.45) is 2.94. The Kier molecular flexibility index (Phi) is 3.93. The van der Waals surface area contributed by atoms with Crippen molar-refractivity contribution >= 4 is 17.5 Å². The van der Waals surface area contributed by atoms with Crippen LogP contribution in [0.2, 0.25) is 5.02 Å². The Labute approximate surface area is 113 Å². The van der Waals surface area contributed by atoms with Gasteiger partial charge in [0.15, 0.2) is 0 Å². The Balaban J connectivity index is 2.03. The first kappa shape index (κ1) is 13.4. The molecule has 18 heavy (non-hydrogen) atoms. The van der Waals surface area contributed by atoms with Gasteiger partial charge in [-0.15, -0.1) is 0 Å². The number of hydrogen-bond acceptors (Lipinski definition) is 2. The molecule has 1 aliphatic rings. The molecular weight excluding hydrogens is 248 g/mol. The van der Waals surface area contributed by atoms with Crippen LogP contribution in [0.15, 0.2) is 24.3 Å². The van der Waals surface area contributed by atoms with Gasteiger partial charge < -0.3 is 10.6 Å². The summed E-state index contributed by atoms with van der Waals surface area (Å²) in [5, 5.41) is 0.700. The molecule has 2 N–H and O–H groups in total. The maximum atomic E-state index is 12.4. The minimum atomic E-state index is -0.298. The standard InChI is InChI=1S/C14H19ClN2O/c1-17(9-11-4-2-5-12(15)8-11)13(18)14(10-16)6-3-7-14/h2,4-5,8H,3,6-7,9-10,16H2,1H3. The van der Waals surface area contributed by atoms with Crippen LogP contribution >= 0.6 is 11.6 Å². The third-order valence-electron chi connectivity index (χ3n) is 3.81. The molecule has 1 saturated carbocycles. The predicted octanol–water partition coefficient (Wildman–Crippen LogP) is 2.43. The van der Waals surface area contributed by atoms with Crippen molar-refractivity contribution in [3.05, 3.63) is 34.9 Å². The molecule has 1 aliphatic carbocycles. The van der Waals surface area contributed by atoms with Gasteiger partial charge in [-0.1, -0.05) is 30.2 Å². The molecule has 0 spiro atoms. The summed E-state index contributed by atoms with van der Waals surface area (Å²) in [6, 6.07) is 7.60. The van der Waals surface area contributed by atoms with Crippen molar-refractivity contribution in [1.82, 2.24) is 4.90 Å². The molecule has 98 valence electrons. The van der Waals surface area contributed by atoms with Crippen LogP contribution in [0, 0.1) is 5.41 Å². The van der Waals surface area contributed by atoms with Gasteiger partial charge in [0, 0.05) is 25.2 Å². The summed E-state index contributed by atoms with van der Waals surface area (Å²) in [5.41, 5.74) is 6.50. The third-order valence-corrected chi connectivity index (χ3v) is 4.05. The zero-order chi connectivity index (χ0) is 13.2. The molecular formula is C14H19ClN2O. The van der Waals surface area contributed by atoms with Crippen LogP contribution in [0.3, 0.4) is 0 Å². The number of benzene rings is 1. The quantitative estimate of drug-likeness (QED) is 0.910. The monoisotopic (exact) mass is 266 g/mol. The number of amides is 1. The minimum absolute atomic E-state index is 0.163. The van der Waals surface area contributed by atoms with Crippen molar-refractivity contribution in [1.29, 1.82) is 0 Å². The molecule has 4 heteroatoms. The SMILES string of the molecule is CN(Cc1cccc(Cl)c1)C(=O)C1(CN)CCC1. The fraction of sp³-hybridized carbons (Fsp3) is 0.500. The highest BCUT2D eigenvalue weighted by molar-refractivity contribution is 6.30. The molecule has 0 heterocycles. The predicted molar refractivity (Wildman–Crippen MR) is 73.3 cm³/mol. The van der Waals surface area contributed by atoms with Crippen molar-refractivity contribution in [2.45, 2.75) is 25.8 Å². The zero-order valence-corrected chi connectivity index (χ0v) is 11.4. The summed E-state index contributed by atoms with van der Waals surface area (Å²) in [6.45, 7) is 1.03. The van der Waals surface area contributed by atoms with E-state index < -0.39 is 0 Å². The van der Waals surface area contributed by atoms with Crippen LogP contribution in [-0.4, -0.2) is 24.4 Å². The van der Waals surface area contributed by atoms with Crippen LogP contribution in [-0.2, 0) is 11.3 Å². The molecule has 2 rings (SSSR count). The van der Waals surface area contributed by atoms with E-state index in [2.05, 4.69) is 0 Å². The fourth-order valence-electron chi connectivity index (χ4n) is 2.49. The number of rotatable bonds is 4. The number of carbonyl (C=O) groups excluding carboxylic acids is 1. The summed E-state index contributed by atoms with van der Waals surface area (Å²) in [7, 11) is 1.83. The van der Waals surface area contributed by atoms with Gasteiger partial charge in [-0.25, -0.2) is 0 Å². The van der Waals surface area contributed by atoms with Gasteiger partial charge in [0.2, 0.25) is 5.91 Å². The minimum Gasteiger partial charge on any atom is -0.341 e. The van der Waals surface area contributed by atoms with Crippen molar-refractivity contribution in [3.63, 3.8) is 0 Å². The van der Waals surface area contributed by atoms with Gasteiger partial charge >= 0.3 is 0 Å². The average Bonchev–Trinajstić information content (AvgIpc) is 2.28. The number of nitrogens with zero attached hydrogens (tertiary/aromatic N) is 1. The second-order valence-corrected chi connectivity index (χ2v) is 5.57. The molecule has 0 atom stereocenters. The lowest BCUT2D eigenvalue weighted by Gasteiger charge is -2.41. The lowest BCUT2D eigenvalue weighted by atomic mass is 9.68. The van der Waals surface area contributed by atoms with Crippen molar-refractivity contribution in [2.24, 2.45) is 11.1 Å². The number of nitrogens with two attached hydrogens (primary N) is 1. The van der Waals surface area contributed by atoms with E-state index in [9.17, 15) is 4.79 Å². The van der Waals surface area contributed by atoms with Crippen LogP contribution < -0.4 is 5.73 Å². The lowest BCUT2D eigenvalue weighted by Crippen LogP contribution is -2.50. The van der Waals surface area contributed by atoms with E-state index in [-0.39, 0.29) is 11.3 Å². The summed E-state index contributed by atoms with van der Waals surface area (Å²) >= 11 is 5.94. The Hall–Kier alpha value is -1.06. The summed E-state index contributed by atoms with van der Waals surface area (Å²) < 4.78 is 0.